The van der Waals surface area contributed by atoms with E-state index in [2.05, 4.69) is 21.0 Å². The Bertz CT molecular complexity index is 748. The molecule has 0 radical (unpaired) electrons. The van der Waals surface area contributed by atoms with Gasteiger partial charge in [-0.15, -0.1) is 0 Å². The highest BCUT2D eigenvalue weighted by Gasteiger charge is 2.17. The van der Waals surface area contributed by atoms with Crippen molar-refractivity contribution in [1.82, 2.24) is 15.0 Å². The molecule has 0 fully saturated rings. The number of aromatic nitrogens is 3. The Balaban J connectivity index is 1.92. The molecule has 0 spiro atoms. The molecule has 4 nitrogen and oxygen atoms in total. The van der Waals surface area contributed by atoms with Gasteiger partial charge in [-0.25, -0.2) is 4.98 Å². The molecule has 4 rings (SSSR count). The first kappa shape index (κ1) is 10.8. The van der Waals surface area contributed by atoms with E-state index in [-0.39, 0.29) is 0 Å². The van der Waals surface area contributed by atoms with Crippen LogP contribution in [0.1, 0.15) is 5.56 Å². The van der Waals surface area contributed by atoms with Gasteiger partial charge >= 0.3 is 0 Å². The van der Waals surface area contributed by atoms with E-state index in [4.69, 9.17) is 16.3 Å². The summed E-state index contributed by atoms with van der Waals surface area (Å²) >= 11 is 6.31. The molecular weight excluding hydrogens is 262 g/mol. The Hall–Kier alpha value is -2.07. The van der Waals surface area contributed by atoms with Crippen molar-refractivity contribution in [2.75, 3.05) is 6.61 Å². The Morgan fingerprint density at radius 1 is 1.32 bits per heavy atom. The number of pyridine rings is 1. The van der Waals surface area contributed by atoms with Gasteiger partial charge in [-0.05, 0) is 23.8 Å². The molecule has 1 N–H and O–H groups in total. The third kappa shape index (κ3) is 1.68. The van der Waals surface area contributed by atoms with Crippen molar-refractivity contribution in [1.29, 1.82) is 0 Å². The van der Waals surface area contributed by atoms with Crippen molar-refractivity contribution < 1.29 is 4.74 Å². The van der Waals surface area contributed by atoms with Crippen LogP contribution in [0, 0.1) is 0 Å². The lowest BCUT2D eigenvalue weighted by Gasteiger charge is -2.04. The molecule has 0 saturated carbocycles. The normalized spacial score (nSPS) is 13.5. The van der Waals surface area contributed by atoms with Gasteiger partial charge in [0.05, 0.1) is 28.9 Å². The largest absolute Gasteiger partial charge is 0.493 e. The molecule has 0 atom stereocenters. The minimum absolute atomic E-state index is 0.646. The van der Waals surface area contributed by atoms with Gasteiger partial charge in [0.25, 0.3) is 0 Å². The SMILES string of the molecule is Clc1cc2c(cc1-c1nc3ccncc3[nH]1)CCO2. The fraction of sp³-hybridized carbons (Fsp3) is 0.143. The molecule has 3 heterocycles. The lowest BCUT2D eigenvalue weighted by atomic mass is 10.1. The first-order valence-electron chi connectivity index (χ1n) is 6.06. The third-order valence-electron chi connectivity index (χ3n) is 3.32. The highest BCUT2D eigenvalue weighted by molar-refractivity contribution is 6.33. The lowest BCUT2D eigenvalue weighted by Crippen LogP contribution is -1.86. The van der Waals surface area contributed by atoms with E-state index in [1.165, 1.54) is 5.56 Å². The molecule has 1 aliphatic rings. The molecular formula is C14H10ClN3O. The van der Waals surface area contributed by atoms with Crippen molar-refractivity contribution in [2.24, 2.45) is 0 Å². The van der Waals surface area contributed by atoms with Gasteiger partial charge in [0.2, 0.25) is 0 Å². The standard InChI is InChI=1S/C14H10ClN3O/c15-10-6-13-8(2-4-19-13)5-9(10)14-17-11-1-3-16-7-12(11)18-14/h1,3,5-7H,2,4H2,(H,17,18). The molecule has 0 bridgehead atoms. The predicted octanol–water partition coefficient (Wildman–Crippen LogP) is 3.21. The minimum atomic E-state index is 0.646. The van der Waals surface area contributed by atoms with Crippen LogP contribution in [-0.4, -0.2) is 21.6 Å². The van der Waals surface area contributed by atoms with Crippen LogP contribution >= 0.6 is 11.6 Å². The fourth-order valence-corrected chi connectivity index (χ4v) is 2.61. The maximum atomic E-state index is 6.31. The Morgan fingerprint density at radius 3 is 3.16 bits per heavy atom. The molecule has 3 aromatic rings. The first-order chi connectivity index (χ1) is 9.31. The first-order valence-corrected chi connectivity index (χ1v) is 6.44. The topological polar surface area (TPSA) is 50.8 Å². The van der Waals surface area contributed by atoms with E-state index in [0.29, 0.717) is 5.02 Å². The zero-order chi connectivity index (χ0) is 12.8. The Labute approximate surface area is 114 Å². The number of nitrogens with zero attached hydrogens (tertiary/aromatic N) is 2. The van der Waals surface area contributed by atoms with E-state index in [0.717, 1.165) is 41.2 Å². The Kier molecular flexibility index (Phi) is 2.26. The van der Waals surface area contributed by atoms with Crippen LogP contribution in [0.15, 0.2) is 30.6 Å². The molecule has 0 saturated heterocycles. The lowest BCUT2D eigenvalue weighted by molar-refractivity contribution is 0.357. The van der Waals surface area contributed by atoms with Gasteiger partial charge < -0.3 is 9.72 Å². The average molecular weight is 272 g/mol. The number of benzene rings is 1. The quantitative estimate of drug-likeness (QED) is 0.739. The number of rotatable bonds is 1. The fourth-order valence-electron chi connectivity index (χ4n) is 2.37. The van der Waals surface area contributed by atoms with Crippen LogP contribution in [-0.2, 0) is 6.42 Å². The summed E-state index contributed by atoms with van der Waals surface area (Å²) in [4.78, 5) is 11.9. The summed E-state index contributed by atoms with van der Waals surface area (Å²) in [7, 11) is 0. The van der Waals surface area contributed by atoms with Crippen molar-refractivity contribution in [2.45, 2.75) is 6.42 Å². The molecule has 1 aromatic carbocycles. The highest BCUT2D eigenvalue weighted by atomic mass is 35.5. The van der Waals surface area contributed by atoms with Gasteiger partial charge in [-0.3, -0.25) is 4.98 Å². The van der Waals surface area contributed by atoms with Gasteiger partial charge in [0.15, 0.2) is 0 Å². The molecule has 1 aliphatic heterocycles. The van der Waals surface area contributed by atoms with Crippen LogP contribution in [0.25, 0.3) is 22.4 Å². The van der Waals surface area contributed by atoms with E-state index in [1.54, 1.807) is 12.4 Å². The van der Waals surface area contributed by atoms with E-state index >= 15 is 0 Å². The van der Waals surface area contributed by atoms with Gasteiger partial charge in [0.1, 0.15) is 11.6 Å². The monoisotopic (exact) mass is 271 g/mol. The van der Waals surface area contributed by atoms with E-state index in [1.807, 2.05) is 12.1 Å². The third-order valence-corrected chi connectivity index (χ3v) is 3.63. The number of hydrogen-bond donors (Lipinski definition) is 1. The molecule has 0 amide bonds. The van der Waals surface area contributed by atoms with E-state index < -0.39 is 0 Å². The minimum Gasteiger partial charge on any atom is -0.493 e. The highest BCUT2D eigenvalue weighted by Crippen LogP contribution is 2.36. The molecule has 2 aromatic heterocycles. The number of nitrogens with one attached hydrogen (secondary N) is 1. The summed E-state index contributed by atoms with van der Waals surface area (Å²) in [5.74, 6) is 1.65. The number of imidazole rings is 1. The Morgan fingerprint density at radius 2 is 2.26 bits per heavy atom. The second-order valence-electron chi connectivity index (χ2n) is 4.52. The van der Waals surface area contributed by atoms with Crippen LogP contribution in [0.2, 0.25) is 5.02 Å². The summed E-state index contributed by atoms with van der Waals surface area (Å²) in [6, 6.07) is 5.79. The second-order valence-corrected chi connectivity index (χ2v) is 4.92. The number of aromatic amines is 1. The zero-order valence-electron chi connectivity index (χ0n) is 9.98. The summed E-state index contributed by atoms with van der Waals surface area (Å²) < 4.78 is 5.50. The number of H-pyrrole nitrogens is 1. The van der Waals surface area contributed by atoms with Crippen LogP contribution < -0.4 is 4.74 Å². The molecule has 94 valence electrons. The number of ether oxygens (including phenoxy) is 1. The van der Waals surface area contributed by atoms with Crippen LogP contribution in [0.4, 0.5) is 0 Å². The van der Waals surface area contributed by atoms with Gasteiger partial charge in [-0.1, -0.05) is 11.6 Å². The van der Waals surface area contributed by atoms with Crippen molar-refractivity contribution in [3.8, 4) is 17.1 Å². The number of halogens is 1. The van der Waals surface area contributed by atoms with Crippen LogP contribution in [0.3, 0.4) is 0 Å². The maximum Gasteiger partial charge on any atom is 0.140 e. The average Bonchev–Trinajstić information content (AvgIpc) is 3.02. The maximum absolute atomic E-state index is 6.31. The smallest absolute Gasteiger partial charge is 0.140 e. The summed E-state index contributed by atoms with van der Waals surface area (Å²) in [6.07, 6.45) is 4.41. The van der Waals surface area contributed by atoms with Gasteiger partial charge in [0, 0.05) is 18.2 Å². The van der Waals surface area contributed by atoms with Crippen molar-refractivity contribution >= 4 is 22.6 Å². The van der Waals surface area contributed by atoms with Crippen LogP contribution in [0.5, 0.6) is 5.75 Å². The van der Waals surface area contributed by atoms with Gasteiger partial charge in [-0.2, -0.15) is 0 Å². The zero-order valence-corrected chi connectivity index (χ0v) is 10.7. The molecule has 0 unspecified atom stereocenters. The number of hydrogen-bond acceptors (Lipinski definition) is 3. The van der Waals surface area contributed by atoms with Crippen molar-refractivity contribution in [3.63, 3.8) is 0 Å². The van der Waals surface area contributed by atoms with E-state index in [9.17, 15) is 0 Å². The second kappa shape index (κ2) is 3.96. The molecule has 0 aliphatic carbocycles. The van der Waals surface area contributed by atoms with Crippen molar-refractivity contribution in [3.05, 3.63) is 41.2 Å². The summed E-state index contributed by atoms with van der Waals surface area (Å²) in [5, 5.41) is 0.646. The number of fused-ring (bicyclic) bond motifs is 2. The molecule has 19 heavy (non-hydrogen) atoms. The molecule has 5 heteroatoms. The summed E-state index contributed by atoms with van der Waals surface area (Å²) in [6.45, 7) is 0.721. The predicted molar refractivity (Wildman–Crippen MR) is 73.5 cm³/mol. The summed E-state index contributed by atoms with van der Waals surface area (Å²) in [5.41, 5.74) is 3.88.